The van der Waals surface area contributed by atoms with E-state index in [0.29, 0.717) is 5.92 Å². The molecule has 14 heavy (non-hydrogen) atoms. The molecular weight excluding hydrogens is 177 g/mol. The third-order valence-electron chi connectivity index (χ3n) is 3.10. The first kappa shape index (κ1) is 9.66. The maximum atomic E-state index is 13.4. The van der Waals surface area contributed by atoms with E-state index in [2.05, 4.69) is 0 Å². The van der Waals surface area contributed by atoms with Crippen LogP contribution in [-0.2, 0) is 12.8 Å². The Bertz CT molecular complexity index is 322. The molecule has 76 valence electrons. The van der Waals surface area contributed by atoms with Crippen molar-refractivity contribution in [3.63, 3.8) is 0 Å². The maximum Gasteiger partial charge on any atom is 0.126 e. The lowest BCUT2D eigenvalue weighted by molar-refractivity contribution is 0.424. The second kappa shape index (κ2) is 4.09. The second-order valence-electron chi connectivity index (χ2n) is 4.06. The summed E-state index contributed by atoms with van der Waals surface area (Å²) >= 11 is 0. The summed E-state index contributed by atoms with van der Waals surface area (Å²) in [6.45, 7) is 0.745. The molecule has 1 aliphatic carbocycles. The minimum atomic E-state index is -0.0336. The first-order valence-corrected chi connectivity index (χ1v) is 5.27. The first-order chi connectivity index (χ1) is 6.81. The van der Waals surface area contributed by atoms with E-state index in [-0.39, 0.29) is 5.82 Å². The van der Waals surface area contributed by atoms with Gasteiger partial charge in [-0.1, -0.05) is 12.1 Å². The van der Waals surface area contributed by atoms with Crippen molar-refractivity contribution in [2.45, 2.75) is 25.7 Å². The Morgan fingerprint density at radius 1 is 1.43 bits per heavy atom. The molecule has 2 N–H and O–H groups in total. The number of halogens is 1. The summed E-state index contributed by atoms with van der Waals surface area (Å²) in [5.74, 6) is 0.628. The lowest BCUT2D eigenvalue weighted by atomic mass is 9.82. The molecule has 1 atom stereocenters. The molecule has 0 heterocycles. The van der Waals surface area contributed by atoms with E-state index >= 15 is 0 Å². The normalized spacial score (nSPS) is 20.6. The number of benzene rings is 1. The van der Waals surface area contributed by atoms with Gasteiger partial charge in [0.15, 0.2) is 0 Å². The van der Waals surface area contributed by atoms with Crippen molar-refractivity contribution < 1.29 is 4.39 Å². The molecule has 0 bridgehead atoms. The first-order valence-electron chi connectivity index (χ1n) is 5.27. The summed E-state index contributed by atoms with van der Waals surface area (Å²) in [5.41, 5.74) is 7.66. The Morgan fingerprint density at radius 3 is 3.07 bits per heavy atom. The summed E-state index contributed by atoms with van der Waals surface area (Å²) in [4.78, 5) is 0. The van der Waals surface area contributed by atoms with E-state index in [1.165, 1.54) is 5.56 Å². The smallest absolute Gasteiger partial charge is 0.126 e. The molecule has 0 spiro atoms. The maximum absolute atomic E-state index is 13.4. The van der Waals surface area contributed by atoms with Crippen LogP contribution in [0.15, 0.2) is 18.2 Å². The van der Waals surface area contributed by atoms with Crippen LogP contribution >= 0.6 is 0 Å². The Morgan fingerprint density at radius 2 is 2.29 bits per heavy atom. The van der Waals surface area contributed by atoms with Crippen LogP contribution in [0.2, 0.25) is 0 Å². The quantitative estimate of drug-likeness (QED) is 0.766. The molecule has 1 aromatic carbocycles. The van der Waals surface area contributed by atoms with Crippen LogP contribution in [0.25, 0.3) is 0 Å². The van der Waals surface area contributed by atoms with Crippen LogP contribution in [-0.4, -0.2) is 6.54 Å². The van der Waals surface area contributed by atoms with Gasteiger partial charge in [-0.05, 0) is 55.3 Å². The van der Waals surface area contributed by atoms with Gasteiger partial charge in [0.1, 0.15) is 5.82 Å². The lowest BCUT2D eigenvalue weighted by Crippen LogP contribution is -2.18. The molecule has 0 amide bonds. The Labute approximate surface area is 84.1 Å². The average Bonchev–Trinajstić information content (AvgIpc) is 2.18. The third kappa shape index (κ3) is 1.80. The highest BCUT2D eigenvalue weighted by atomic mass is 19.1. The van der Waals surface area contributed by atoms with E-state index in [1.807, 2.05) is 6.07 Å². The molecule has 1 aromatic rings. The lowest BCUT2D eigenvalue weighted by Gasteiger charge is -2.24. The Kier molecular flexibility index (Phi) is 2.82. The number of nitrogens with two attached hydrogens (primary N) is 1. The van der Waals surface area contributed by atoms with Crippen molar-refractivity contribution in [3.8, 4) is 0 Å². The fraction of sp³-hybridized carbons (Fsp3) is 0.500. The van der Waals surface area contributed by atoms with Crippen molar-refractivity contribution in [1.29, 1.82) is 0 Å². The largest absolute Gasteiger partial charge is 0.330 e. The molecule has 0 aliphatic heterocycles. The predicted octanol–water partition coefficient (Wildman–Crippen LogP) is 2.28. The Balaban J connectivity index is 2.18. The highest BCUT2D eigenvalue weighted by Gasteiger charge is 2.19. The van der Waals surface area contributed by atoms with Crippen molar-refractivity contribution in [2.24, 2.45) is 11.7 Å². The van der Waals surface area contributed by atoms with Crippen LogP contribution < -0.4 is 5.73 Å². The van der Waals surface area contributed by atoms with Crippen LogP contribution in [0.3, 0.4) is 0 Å². The zero-order valence-electron chi connectivity index (χ0n) is 8.30. The fourth-order valence-electron chi connectivity index (χ4n) is 2.32. The van der Waals surface area contributed by atoms with E-state index in [0.717, 1.165) is 37.8 Å². The van der Waals surface area contributed by atoms with Crippen molar-refractivity contribution in [1.82, 2.24) is 0 Å². The van der Waals surface area contributed by atoms with Gasteiger partial charge in [0, 0.05) is 0 Å². The average molecular weight is 193 g/mol. The summed E-state index contributed by atoms with van der Waals surface area (Å²) in [6.07, 6.45) is 4.04. The molecule has 1 unspecified atom stereocenters. The molecule has 0 radical (unpaired) electrons. The summed E-state index contributed by atoms with van der Waals surface area (Å²) < 4.78 is 13.4. The van der Waals surface area contributed by atoms with E-state index < -0.39 is 0 Å². The van der Waals surface area contributed by atoms with Gasteiger partial charge in [-0.2, -0.15) is 0 Å². The zero-order chi connectivity index (χ0) is 9.97. The minimum absolute atomic E-state index is 0.0336. The van der Waals surface area contributed by atoms with Crippen LogP contribution in [0.5, 0.6) is 0 Å². The highest BCUT2D eigenvalue weighted by Crippen LogP contribution is 2.28. The van der Waals surface area contributed by atoms with Gasteiger partial charge in [-0.3, -0.25) is 0 Å². The molecule has 0 fully saturated rings. The number of rotatable bonds is 2. The number of hydrogen-bond acceptors (Lipinski definition) is 1. The molecule has 2 rings (SSSR count). The standard InChI is InChI=1S/C12H16FN/c13-12-3-1-2-10-8-9(6-7-14)4-5-11(10)12/h1-3,9H,4-8,14H2. The summed E-state index contributed by atoms with van der Waals surface area (Å²) in [6, 6.07) is 5.40. The van der Waals surface area contributed by atoms with E-state index in [4.69, 9.17) is 5.73 Å². The van der Waals surface area contributed by atoms with Gasteiger partial charge in [-0.25, -0.2) is 4.39 Å². The summed E-state index contributed by atoms with van der Waals surface area (Å²) in [5, 5.41) is 0. The zero-order valence-corrected chi connectivity index (χ0v) is 8.30. The van der Waals surface area contributed by atoms with Gasteiger partial charge < -0.3 is 5.73 Å². The van der Waals surface area contributed by atoms with Crippen molar-refractivity contribution in [2.75, 3.05) is 6.54 Å². The topological polar surface area (TPSA) is 26.0 Å². The molecule has 1 nitrogen and oxygen atoms in total. The van der Waals surface area contributed by atoms with Crippen LogP contribution in [0.4, 0.5) is 4.39 Å². The second-order valence-corrected chi connectivity index (χ2v) is 4.06. The van der Waals surface area contributed by atoms with Gasteiger partial charge in [0.05, 0.1) is 0 Å². The van der Waals surface area contributed by atoms with E-state index in [1.54, 1.807) is 12.1 Å². The minimum Gasteiger partial charge on any atom is -0.330 e. The molecular formula is C12H16FN. The van der Waals surface area contributed by atoms with Gasteiger partial charge >= 0.3 is 0 Å². The third-order valence-corrected chi connectivity index (χ3v) is 3.10. The molecule has 0 saturated carbocycles. The number of hydrogen-bond donors (Lipinski definition) is 1. The predicted molar refractivity (Wildman–Crippen MR) is 55.6 cm³/mol. The highest BCUT2D eigenvalue weighted by molar-refractivity contribution is 5.31. The monoisotopic (exact) mass is 193 g/mol. The molecule has 2 heteroatoms. The Hall–Kier alpha value is -0.890. The van der Waals surface area contributed by atoms with Gasteiger partial charge in [0.2, 0.25) is 0 Å². The van der Waals surface area contributed by atoms with Gasteiger partial charge in [0.25, 0.3) is 0 Å². The molecule has 0 aromatic heterocycles. The van der Waals surface area contributed by atoms with Crippen molar-refractivity contribution in [3.05, 3.63) is 35.1 Å². The van der Waals surface area contributed by atoms with Crippen molar-refractivity contribution >= 4 is 0 Å². The van der Waals surface area contributed by atoms with Gasteiger partial charge in [-0.15, -0.1) is 0 Å². The molecule has 1 aliphatic rings. The van der Waals surface area contributed by atoms with E-state index in [9.17, 15) is 4.39 Å². The SMILES string of the molecule is NCCC1CCc2c(F)cccc2C1. The molecule has 0 saturated heterocycles. The summed E-state index contributed by atoms with van der Waals surface area (Å²) in [7, 11) is 0. The van der Waals surface area contributed by atoms with Crippen LogP contribution in [0.1, 0.15) is 24.0 Å². The fourth-order valence-corrected chi connectivity index (χ4v) is 2.32. The number of fused-ring (bicyclic) bond motifs is 1. The van der Waals surface area contributed by atoms with Crippen LogP contribution in [0, 0.1) is 11.7 Å².